The van der Waals surface area contributed by atoms with Gasteiger partial charge in [0.05, 0.1) is 30.8 Å². The van der Waals surface area contributed by atoms with Gasteiger partial charge in [0.15, 0.2) is 0 Å². The highest BCUT2D eigenvalue weighted by atomic mass is 16.5. The number of ether oxygens (including phenoxy) is 1. The van der Waals surface area contributed by atoms with E-state index in [4.69, 9.17) is 18.7 Å². The molecule has 14 heteroatoms. The van der Waals surface area contributed by atoms with Gasteiger partial charge in [-0.1, -0.05) is 36.4 Å². The summed E-state index contributed by atoms with van der Waals surface area (Å²) in [5, 5.41) is 17.8. The molecule has 0 saturated heterocycles. The summed E-state index contributed by atoms with van der Waals surface area (Å²) in [6, 6.07) is 27.6. The summed E-state index contributed by atoms with van der Waals surface area (Å²) in [4.78, 5) is 40.7. The van der Waals surface area contributed by atoms with Crippen LogP contribution in [-0.4, -0.2) is 65.8 Å². The molecule has 0 aliphatic heterocycles. The Balaban J connectivity index is 0.000000182. The first-order chi connectivity index (χ1) is 29.3. The van der Waals surface area contributed by atoms with E-state index in [-0.39, 0.29) is 12.4 Å². The number of hydrogen-bond donors (Lipinski definition) is 3. The Hall–Kier alpha value is -7.22. The number of oxazole rings is 2. The van der Waals surface area contributed by atoms with Crippen LogP contribution in [0.4, 0.5) is 11.4 Å². The highest BCUT2D eigenvalue weighted by Gasteiger charge is 2.14. The number of nitrogens with zero attached hydrogens (tertiary/aromatic N) is 6. The van der Waals surface area contributed by atoms with Gasteiger partial charge in [-0.25, -0.2) is 19.9 Å². The maximum Gasteiger partial charge on any atom is 0.307 e. The molecule has 0 bridgehead atoms. The van der Waals surface area contributed by atoms with Gasteiger partial charge in [0, 0.05) is 97.1 Å². The molecule has 8 aromatic rings. The van der Waals surface area contributed by atoms with Gasteiger partial charge in [0.25, 0.3) is 0 Å². The number of nitrogens with one attached hydrogen (secondary N) is 2. The molecule has 0 saturated carbocycles. The van der Waals surface area contributed by atoms with Crippen molar-refractivity contribution in [2.24, 2.45) is 0 Å². The Bertz CT molecular complexity index is 2660. The van der Waals surface area contributed by atoms with Gasteiger partial charge in [0.2, 0.25) is 11.8 Å². The van der Waals surface area contributed by atoms with Crippen molar-refractivity contribution in [1.82, 2.24) is 29.1 Å². The SMILES string of the molecule is CCOC(=O)CCn1ccc2c(NCCc3nc(-c4ccccc4)oc3C)ccnc21.Cc1oc(-c2ccccc2)nc1CCNc1ccnc2c1ccn2CCC(=O)O. The van der Waals surface area contributed by atoms with Crippen LogP contribution >= 0.6 is 0 Å². The van der Waals surface area contributed by atoms with Gasteiger partial charge in [-0.15, -0.1) is 0 Å². The van der Waals surface area contributed by atoms with E-state index in [9.17, 15) is 9.59 Å². The smallest absolute Gasteiger partial charge is 0.307 e. The number of aromatic nitrogens is 6. The van der Waals surface area contributed by atoms with Gasteiger partial charge in [-0.05, 0) is 69.3 Å². The molecule has 0 unspecified atom stereocenters. The summed E-state index contributed by atoms with van der Waals surface area (Å²) >= 11 is 0. The summed E-state index contributed by atoms with van der Waals surface area (Å²) in [6.07, 6.45) is 9.21. The number of carboxylic acid groups (broad SMARTS) is 1. The summed E-state index contributed by atoms with van der Waals surface area (Å²) in [6.45, 7) is 8.44. The lowest BCUT2D eigenvalue weighted by Crippen LogP contribution is -2.09. The minimum Gasteiger partial charge on any atom is -0.481 e. The fourth-order valence-electron chi connectivity index (χ4n) is 6.87. The van der Waals surface area contributed by atoms with Crippen molar-refractivity contribution in [3.05, 3.63) is 133 Å². The number of carbonyl (C=O) groups is 2. The van der Waals surface area contributed by atoms with Crippen molar-refractivity contribution >= 4 is 45.4 Å². The van der Waals surface area contributed by atoms with Crippen LogP contribution in [-0.2, 0) is 40.3 Å². The zero-order valence-corrected chi connectivity index (χ0v) is 33.9. The van der Waals surface area contributed by atoms with Crippen LogP contribution < -0.4 is 10.6 Å². The first-order valence-corrected chi connectivity index (χ1v) is 20.0. The Labute approximate surface area is 347 Å². The second-order valence-electron chi connectivity index (χ2n) is 14.0. The summed E-state index contributed by atoms with van der Waals surface area (Å²) in [5.74, 6) is 1.93. The molecule has 14 nitrogen and oxygen atoms in total. The molecule has 3 N–H and O–H groups in total. The number of benzene rings is 2. The van der Waals surface area contributed by atoms with E-state index in [1.807, 2.05) is 127 Å². The van der Waals surface area contributed by atoms with Crippen molar-refractivity contribution in [3.63, 3.8) is 0 Å². The highest BCUT2D eigenvalue weighted by molar-refractivity contribution is 5.90. The van der Waals surface area contributed by atoms with Crippen LogP contribution in [0.25, 0.3) is 45.0 Å². The molecule has 0 spiro atoms. The summed E-state index contributed by atoms with van der Waals surface area (Å²) < 4.78 is 20.5. The van der Waals surface area contributed by atoms with E-state index in [0.29, 0.717) is 51.0 Å². The molecular weight excluding hydrogens is 761 g/mol. The second kappa shape index (κ2) is 19.5. The first-order valence-electron chi connectivity index (χ1n) is 20.0. The summed E-state index contributed by atoms with van der Waals surface area (Å²) in [5.41, 5.74) is 7.42. The van der Waals surface area contributed by atoms with Gasteiger partial charge >= 0.3 is 11.9 Å². The topological polar surface area (TPSA) is 175 Å². The molecule has 0 amide bonds. The Kier molecular flexibility index (Phi) is 13.3. The molecule has 0 aliphatic carbocycles. The average Bonchev–Trinajstić information content (AvgIpc) is 4.06. The number of carbonyl (C=O) groups excluding carboxylic acids is 1. The summed E-state index contributed by atoms with van der Waals surface area (Å²) in [7, 11) is 0. The largest absolute Gasteiger partial charge is 0.481 e. The van der Waals surface area contributed by atoms with E-state index in [0.717, 1.165) is 80.3 Å². The standard InChI is InChI=1S/C24H26N4O3.C22H22N4O3/c1-3-30-22(29)12-16-28-15-11-19-21(10-14-26-23(19)28)25-13-9-20-17(2)31-24(27-20)18-7-5-4-6-8-18;1-15-18(25-22(29-15)16-5-3-2-4-6-16)7-11-23-19-8-12-24-21-17(19)9-13-26(21)14-10-20(27)28/h4-8,10-11,14-15H,3,9,12-13,16H2,1-2H3,(H,25,26);2-6,8-9,12-13H,7,10-11,14H2,1H3,(H,23,24)(H,27,28). The van der Waals surface area contributed by atoms with Crippen molar-refractivity contribution in [2.45, 2.75) is 59.5 Å². The number of carboxylic acids is 1. The van der Waals surface area contributed by atoms with Crippen molar-refractivity contribution in [2.75, 3.05) is 30.3 Å². The maximum absolute atomic E-state index is 11.7. The fraction of sp³-hybridized carbons (Fsp3) is 0.261. The third-order valence-electron chi connectivity index (χ3n) is 9.93. The van der Waals surface area contributed by atoms with Gasteiger partial charge in [-0.2, -0.15) is 0 Å². The molecule has 6 heterocycles. The predicted octanol–water partition coefficient (Wildman–Crippen LogP) is 8.74. The van der Waals surface area contributed by atoms with E-state index >= 15 is 0 Å². The van der Waals surface area contributed by atoms with Crippen LogP contribution in [0.5, 0.6) is 0 Å². The maximum atomic E-state index is 11.7. The van der Waals surface area contributed by atoms with Crippen molar-refractivity contribution in [3.8, 4) is 22.9 Å². The van der Waals surface area contributed by atoms with E-state index in [2.05, 4.69) is 30.6 Å². The van der Waals surface area contributed by atoms with Crippen LogP contribution in [0.3, 0.4) is 0 Å². The molecular formula is C46H48N8O6. The Morgan fingerprint density at radius 1 is 0.667 bits per heavy atom. The van der Waals surface area contributed by atoms with Crippen LogP contribution in [0.2, 0.25) is 0 Å². The average molecular weight is 809 g/mol. The normalized spacial score (nSPS) is 11.1. The molecule has 0 atom stereocenters. The van der Waals surface area contributed by atoms with Crippen LogP contribution in [0, 0.1) is 13.8 Å². The molecule has 308 valence electrons. The Morgan fingerprint density at radius 3 is 1.58 bits per heavy atom. The number of anilines is 2. The Morgan fingerprint density at radius 2 is 1.13 bits per heavy atom. The monoisotopic (exact) mass is 808 g/mol. The number of esters is 1. The third kappa shape index (κ3) is 10.1. The number of rotatable bonds is 17. The lowest BCUT2D eigenvalue weighted by atomic mass is 10.2. The molecule has 0 fully saturated rings. The van der Waals surface area contributed by atoms with Gasteiger partial charge in [0.1, 0.15) is 22.8 Å². The fourth-order valence-corrected chi connectivity index (χ4v) is 6.87. The number of aryl methyl sites for hydroxylation is 4. The molecule has 6 aromatic heterocycles. The highest BCUT2D eigenvalue weighted by Crippen LogP contribution is 2.26. The molecule has 60 heavy (non-hydrogen) atoms. The lowest BCUT2D eigenvalue weighted by molar-refractivity contribution is -0.143. The van der Waals surface area contributed by atoms with Gasteiger partial charge < -0.3 is 38.4 Å². The number of fused-ring (bicyclic) bond motifs is 2. The van der Waals surface area contributed by atoms with E-state index in [1.165, 1.54) is 0 Å². The van der Waals surface area contributed by atoms with E-state index in [1.54, 1.807) is 12.4 Å². The third-order valence-corrected chi connectivity index (χ3v) is 9.93. The number of pyridine rings is 2. The predicted molar refractivity (Wildman–Crippen MR) is 231 cm³/mol. The second-order valence-corrected chi connectivity index (χ2v) is 14.0. The number of aliphatic carboxylic acids is 1. The molecule has 2 aromatic carbocycles. The van der Waals surface area contributed by atoms with Crippen LogP contribution in [0.1, 0.15) is 42.7 Å². The minimum atomic E-state index is -0.820. The lowest BCUT2D eigenvalue weighted by Gasteiger charge is -2.08. The van der Waals surface area contributed by atoms with Crippen LogP contribution in [0.15, 0.2) is 119 Å². The van der Waals surface area contributed by atoms with Crippen molar-refractivity contribution in [1.29, 1.82) is 0 Å². The number of hydrogen-bond acceptors (Lipinski definition) is 11. The zero-order valence-electron chi connectivity index (χ0n) is 33.9. The van der Waals surface area contributed by atoms with Crippen molar-refractivity contribution < 1.29 is 28.3 Å². The molecule has 0 aliphatic rings. The molecule has 0 radical (unpaired) electrons. The first kappa shape index (κ1) is 41.0. The quantitative estimate of drug-likeness (QED) is 0.0747. The minimum absolute atomic E-state index is 0.0678. The zero-order chi connectivity index (χ0) is 41.8. The van der Waals surface area contributed by atoms with E-state index < -0.39 is 5.97 Å². The van der Waals surface area contributed by atoms with Gasteiger partial charge in [-0.3, -0.25) is 9.59 Å². The molecule has 8 rings (SSSR count).